The van der Waals surface area contributed by atoms with E-state index in [0.717, 1.165) is 28.2 Å². The van der Waals surface area contributed by atoms with Crippen molar-refractivity contribution in [1.82, 2.24) is 0 Å². The van der Waals surface area contributed by atoms with Gasteiger partial charge in [0.05, 0.1) is 14.2 Å². The highest BCUT2D eigenvalue weighted by atomic mass is 16.5. The van der Waals surface area contributed by atoms with Crippen LogP contribution in [0.25, 0.3) is 0 Å². The molecule has 0 aliphatic heterocycles. The predicted molar refractivity (Wildman–Crippen MR) is 59.8 cm³/mol. The molecular formula is C12H18O3. The first-order chi connectivity index (χ1) is 7.15. The molecule has 0 aliphatic carbocycles. The molecule has 0 spiro atoms. The molecule has 1 N–H and O–H groups in total. The molecule has 1 aromatic rings. The van der Waals surface area contributed by atoms with Gasteiger partial charge >= 0.3 is 0 Å². The van der Waals surface area contributed by atoms with Gasteiger partial charge in [-0.2, -0.15) is 0 Å². The Morgan fingerprint density at radius 2 is 1.87 bits per heavy atom. The Labute approximate surface area is 90.6 Å². The van der Waals surface area contributed by atoms with Crippen LogP contribution in [0.1, 0.15) is 16.7 Å². The third kappa shape index (κ3) is 2.23. The minimum absolute atomic E-state index is 0.115. The number of hydrogen-bond donors (Lipinski definition) is 1. The third-order valence-corrected chi connectivity index (χ3v) is 2.59. The van der Waals surface area contributed by atoms with Crippen molar-refractivity contribution in [3.63, 3.8) is 0 Å². The Morgan fingerprint density at radius 3 is 2.33 bits per heavy atom. The van der Waals surface area contributed by atoms with Crippen molar-refractivity contribution < 1.29 is 14.6 Å². The summed E-state index contributed by atoms with van der Waals surface area (Å²) < 4.78 is 10.6. The molecule has 1 rings (SSSR count). The molecule has 0 aromatic heterocycles. The van der Waals surface area contributed by atoms with E-state index in [1.165, 1.54) is 0 Å². The molecule has 0 aliphatic rings. The van der Waals surface area contributed by atoms with E-state index < -0.39 is 0 Å². The molecular weight excluding hydrogens is 192 g/mol. The van der Waals surface area contributed by atoms with Crippen LogP contribution >= 0.6 is 0 Å². The van der Waals surface area contributed by atoms with Gasteiger partial charge in [-0.1, -0.05) is 0 Å². The van der Waals surface area contributed by atoms with E-state index in [1.807, 2.05) is 19.9 Å². The molecule has 0 bridgehead atoms. The fourth-order valence-corrected chi connectivity index (χ4v) is 1.84. The summed E-state index contributed by atoms with van der Waals surface area (Å²) in [6, 6.07) is 1.95. The van der Waals surface area contributed by atoms with Gasteiger partial charge in [-0.15, -0.1) is 0 Å². The van der Waals surface area contributed by atoms with E-state index in [9.17, 15) is 0 Å². The summed E-state index contributed by atoms with van der Waals surface area (Å²) in [5.41, 5.74) is 3.09. The fourth-order valence-electron chi connectivity index (χ4n) is 1.84. The van der Waals surface area contributed by atoms with Gasteiger partial charge in [-0.05, 0) is 37.5 Å². The Bertz CT molecular complexity index is 345. The van der Waals surface area contributed by atoms with Crippen LogP contribution in [0, 0.1) is 13.8 Å². The largest absolute Gasteiger partial charge is 0.496 e. The highest BCUT2D eigenvalue weighted by Crippen LogP contribution is 2.33. The van der Waals surface area contributed by atoms with Crippen molar-refractivity contribution >= 4 is 0 Å². The van der Waals surface area contributed by atoms with Crippen LogP contribution in [0.2, 0.25) is 0 Å². The Balaban J connectivity index is 3.33. The molecule has 0 radical (unpaired) electrons. The fraction of sp³-hybridized carbons (Fsp3) is 0.500. The zero-order chi connectivity index (χ0) is 11.4. The first-order valence-corrected chi connectivity index (χ1v) is 4.97. The molecule has 3 heteroatoms. The minimum atomic E-state index is 0.115. The van der Waals surface area contributed by atoms with E-state index in [0.29, 0.717) is 6.42 Å². The number of aliphatic hydroxyl groups excluding tert-OH is 1. The van der Waals surface area contributed by atoms with Crippen molar-refractivity contribution in [1.29, 1.82) is 0 Å². The monoisotopic (exact) mass is 210 g/mol. The second-order valence-corrected chi connectivity index (χ2v) is 3.51. The minimum Gasteiger partial charge on any atom is -0.496 e. The molecule has 84 valence electrons. The summed E-state index contributed by atoms with van der Waals surface area (Å²) in [5.74, 6) is 1.69. The van der Waals surface area contributed by atoms with Gasteiger partial charge in [0.15, 0.2) is 0 Å². The van der Waals surface area contributed by atoms with Crippen LogP contribution in [0.15, 0.2) is 6.07 Å². The van der Waals surface area contributed by atoms with Gasteiger partial charge in [0.2, 0.25) is 0 Å². The number of methoxy groups -OCH3 is 2. The number of ether oxygens (including phenoxy) is 2. The van der Waals surface area contributed by atoms with Crippen molar-refractivity contribution in [3.05, 3.63) is 22.8 Å². The lowest BCUT2D eigenvalue weighted by Gasteiger charge is -2.16. The number of aryl methyl sites for hydroxylation is 1. The summed E-state index contributed by atoms with van der Waals surface area (Å²) in [6.45, 7) is 4.07. The molecule has 0 atom stereocenters. The van der Waals surface area contributed by atoms with E-state index in [2.05, 4.69) is 0 Å². The Kier molecular flexibility index (Phi) is 3.97. The molecule has 0 unspecified atom stereocenters. The number of rotatable bonds is 4. The van der Waals surface area contributed by atoms with E-state index >= 15 is 0 Å². The third-order valence-electron chi connectivity index (χ3n) is 2.59. The van der Waals surface area contributed by atoms with Gasteiger partial charge in [-0.25, -0.2) is 0 Å². The highest BCUT2D eigenvalue weighted by molar-refractivity contribution is 5.52. The van der Waals surface area contributed by atoms with E-state index in [1.54, 1.807) is 14.2 Å². The lowest BCUT2D eigenvalue weighted by molar-refractivity contribution is 0.295. The number of aliphatic hydroxyl groups is 1. The first-order valence-electron chi connectivity index (χ1n) is 4.97. The summed E-state index contributed by atoms with van der Waals surface area (Å²) >= 11 is 0. The van der Waals surface area contributed by atoms with Crippen molar-refractivity contribution in [3.8, 4) is 11.5 Å². The molecule has 1 aromatic carbocycles. The van der Waals surface area contributed by atoms with Crippen molar-refractivity contribution in [2.45, 2.75) is 20.3 Å². The molecule has 3 nitrogen and oxygen atoms in total. The molecule has 0 fully saturated rings. The average Bonchev–Trinajstić information content (AvgIpc) is 2.23. The summed E-state index contributed by atoms with van der Waals surface area (Å²) in [5, 5.41) is 9.02. The van der Waals surface area contributed by atoms with Crippen LogP contribution in [-0.4, -0.2) is 25.9 Å². The molecule has 0 saturated heterocycles. The second kappa shape index (κ2) is 5.03. The number of benzene rings is 1. The van der Waals surface area contributed by atoms with Crippen LogP contribution in [-0.2, 0) is 6.42 Å². The lowest BCUT2D eigenvalue weighted by atomic mass is 10.00. The van der Waals surface area contributed by atoms with Gasteiger partial charge in [0.1, 0.15) is 11.5 Å². The van der Waals surface area contributed by atoms with Gasteiger partial charge in [-0.3, -0.25) is 0 Å². The molecule has 0 heterocycles. The maximum Gasteiger partial charge on any atom is 0.125 e. The second-order valence-electron chi connectivity index (χ2n) is 3.51. The first kappa shape index (κ1) is 11.9. The van der Waals surface area contributed by atoms with Crippen LogP contribution in [0.4, 0.5) is 0 Å². The van der Waals surface area contributed by atoms with E-state index in [4.69, 9.17) is 14.6 Å². The highest BCUT2D eigenvalue weighted by Gasteiger charge is 2.13. The summed E-state index contributed by atoms with van der Waals surface area (Å²) in [6.07, 6.45) is 0.590. The van der Waals surface area contributed by atoms with Crippen molar-refractivity contribution in [2.75, 3.05) is 20.8 Å². The maximum absolute atomic E-state index is 9.02. The Hall–Kier alpha value is -1.22. The summed E-state index contributed by atoms with van der Waals surface area (Å²) in [4.78, 5) is 0. The maximum atomic E-state index is 9.02. The van der Waals surface area contributed by atoms with Gasteiger partial charge in [0, 0.05) is 12.2 Å². The lowest BCUT2D eigenvalue weighted by Crippen LogP contribution is -2.02. The van der Waals surface area contributed by atoms with E-state index in [-0.39, 0.29) is 6.61 Å². The molecule has 0 amide bonds. The Morgan fingerprint density at radius 1 is 1.20 bits per heavy atom. The molecule has 0 saturated carbocycles. The molecule has 15 heavy (non-hydrogen) atoms. The zero-order valence-corrected chi connectivity index (χ0v) is 9.76. The standard InChI is InChI=1S/C12H18O3/c1-8-7-11(14-3)9(2)10(5-6-13)12(8)15-4/h7,13H,5-6H2,1-4H3. The number of hydrogen-bond acceptors (Lipinski definition) is 3. The van der Waals surface area contributed by atoms with Gasteiger partial charge < -0.3 is 14.6 Å². The van der Waals surface area contributed by atoms with Crippen LogP contribution < -0.4 is 9.47 Å². The smallest absolute Gasteiger partial charge is 0.125 e. The van der Waals surface area contributed by atoms with Crippen molar-refractivity contribution in [2.24, 2.45) is 0 Å². The summed E-state index contributed by atoms with van der Waals surface area (Å²) in [7, 11) is 3.30. The van der Waals surface area contributed by atoms with Gasteiger partial charge in [0.25, 0.3) is 0 Å². The normalized spacial score (nSPS) is 10.2. The quantitative estimate of drug-likeness (QED) is 0.824. The predicted octanol–water partition coefficient (Wildman–Crippen LogP) is 1.86. The topological polar surface area (TPSA) is 38.7 Å². The van der Waals surface area contributed by atoms with Crippen LogP contribution in [0.3, 0.4) is 0 Å². The zero-order valence-electron chi connectivity index (χ0n) is 9.76. The average molecular weight is 210 g/mol. The SMILES string of the molecule is COc1cc(C)c(OC)c(CCO)c1C. The van der Waals surface area contributed by atoms with Crippen LogP contribution in [0.5, 0.6) is 11.5 Å².